The van der Waals surface area contributed by atoms with Gasteiger partial charge in [-0.3, -0.25) is 9.36 Å². The van der Waals surface area contributed by atoms with Gasteiger partial charge in [0.05, 0.1) is 17.0 Å². The third kappa shape index (κ3) is 5.93. The van der Waals surface area contributed by atoms with Gasteiger partial charge in [-0.15, -0.1) is 10.2 Å². The first-order chi connectivity index (χ1) is 16.0. The van der Waals surface area contributed by atoms with E-state index in [4.69, 9.17) is 23.2 Å². The summed E-state index contributed by atoms with van der Waals surface area (Å²) in [6, 6.07) is 12.1. The fraction of sp³-hybridized carbons (Fsp3) is 0.304. The zero-order valence-corrected chi connectivity index (χ0v) is 20.0. The predicted octanol–water partition coefficient (Wildman–Crippen LogP) is 6.14. The second kappa shape index (κ2) is 11.1. The number of rotatable bonds is 7. The summed E-state index contributed by atoms with van der Waals surface area (Å²) in [5.41, 5.74) is 3.46. The van der Waals surface area contributed by atoms with E-state index in [9.17, 15) is 9.18 Å². The maximum absolute atomic E-state index is 13.8. The molecule has 0 bridgehead atoms. The van der Waals surface area contributed by atoms with Crippen LogP contribution in [-0.4, -0.2) is 32.6 Å². The average molecular weight is 506 g/mol. The van der Waals surface area contributed by atoms with Gasteiger partial charge in [-0.1, -0.05) is 60.3 Å². The Labute approximate surface area is 205 Å². The Balaban J connectivity index is 1.46. The van der Waals surface area contributed by atoms with Crippen LogP contribution in [0.25, 0.3) is 11.4 Å². The molecule has 1 aliphatic rings. The Morgan fingerprint density at radius 1 is 1.15 bits per heavy atom. The molecule has 2 aromatic carbocycles. The molecule has 0 atom stereocenters. The third-order valence-corrected chi connectivity index (χ3v) is 6.95. The molecule has 0 saturated heterocycles. The fourth-order valence-electron chi connectivity index (χ4n) is 3.80. The molecule has 4 rings (SSSR count). The Morgan fingerprint density at radius 3 is 2.64 bits per heavy atom. The van der Waals surface area contributed by atoms with Gasteiger partial charge < -0.3 is 0 Å². The van der Waals surface area contributed by atoms with Crippen molar-refractivity contribution in [2.75, 3.05) is 5.75 Å². The van der Waals surface area contributed by atoms with Gasteiger partial charge in [0.15, 0.2) is 11.0 Å². The molecule has 0 radical (unpaired) electrons. The molecule has 172 valence electrons. The molecule has 10 heteroatoms. The topological polar surface area (TPSA) is 72.2 Å². The summed E-state index contributed by atoms with van der Waals surface area (Å²) in [5.74, 6) is 0.0159. The van der Waals surface area contributed by atoms with Crippen molar-refractivity contribution in [3.05, 3.63) is 63.9 Å². The summed E-state index contributed by atoms with van der Waals surface area (Å²) in [6.45, 7) is 0. The lowest BCUT2D eigenvalue weighted by Crippen LogP contribution is -2.21. The van der Waals surface area contributed by atoms with Gasteiger partial charge in [-0.05, 0) is 49.2 Å². The number of aromatic nitrogens is 3. The summed E-state index contributed by atoms with van der Waals surface area (Å²) < 4.78 is 16.0. The number of benzene rings is 2. The molecular formula is C23H22Cl2FN5OS. The van der Waals surface area contributed by atoms with Crippen LogP contribution in [0.4, 0.5) is 4.39 Å². The van der Waals surface area contributed by atoms with Crippen molar-refractivity contribution in [2.24, 2.45) is 5.10 Å². The summed E-state index contributed by atoms with van der Waals surface area (Å²) in [4.78, 5) is 12.3. The number of hydrogen-bond acceptors (Lipinski definition) is 5. The molecule has 1 amide bonds. The number of hydrazone groups is 1. The minimum Gasteiger partial charge on any atom is -0.299 e. The number of thioether (sulfide) groups is 1. The second-order valence-corrected chi connectivity index (χ2v) is 9.48. The molecule has 1 saturated carbocycles. The molecule has 1 N–H and O–H groups in total. The summed E-state index contributed by atoms with van der Waals surface area (Å²) >= 11 is 13.3. The maximum atomic E-state index is 13.8. The number of amides is 1. The SMILES string of the molecule is O=C(CSc1nnc(-c2ccc(Cl)cc2)n1C1CCCCC1)NN=Cc1c(F)cccc1Cl. The van der Waals surface area contributed by atoms with E-state index in [1.165, 1.54) is 36.5 Å². The third-order valence-electron chi connectivity index (χ3n) is 5.42. The smallest absolute Gasteiger partial charge is 0.250 e. The van der Waals surface area contributed by atoms with Crippen molar-refractivity contribution < 1.29 is 9.18 Å². The van der Waals surface area contributed by atoms with Crippen LogP contribution >= 0.6 is 35.0 Å². The lowest BCUT2D eigenvalue weighted by Gasteiger charge is -2.25. The maximum Gasteiger partial charge on any atom is 0.250 e. The molecule has 1 fully saturated rings. The number of hydrogen-bond donors (Lipinski definition) is 1. The van der Waals surface area contributed by atoms with E-state index in [1.54, 1.807) is 6.07 Å². The molecule has 0 aliphatic heterocycles. The molecule has 0 unspecified atom stereocenters. The molecule has 1 aromatic heterocycles. The number of carbonyl (C=O) groups is 1. The van der Waals surface area contributed by atoms with Crippen molar-refractivity contribution in [1.82, 2.24) is 20.2 Å². The van der Waals surface area contributed by atoms with E-state index < -0.39 is 5.82 Å². The highest BCUT2D eigenvalue weighted by Crippen LogP contribution is 2.35. The molecule has 33 heavy (non-hydrogen) atoms. The highest BCUT2D eigenvalue weighted by Gasteiger charge is 2.24. The highest BCUT2D eigenvalue weighted by molar-refractivity contribution is 7.99. The molecule has 6 nitrogen and oxygen atoms in total. The van der Waals surface area contributed by atoms with Crippen LogP contribution in [0.1, 0.15) is 43.7 Å². The van der Waals surface area contributed by atoms with Crippen molar-refractivity contribution in [3.8, 4) is 11.4 Å². The Hall–Kier alpha value is -2.42. The van der Waals surface area contributed by atoms with Gasteiger partial charge in [-0.25, -0.2) is 9.82 Å². The van der Waals surface area contributed by atoms with Crippen LogP contribution < -0.4 is 5.43 Å². The Bertz CT molecular complexity index is 1130. The number of nitrogens with one attached hydrogen (secondary N) is 1. The van der Waals surface area contributed by atoms with E-state index in [2.05, 4.69) is 25.3 Å². The summed E-state index contributed by atoms with van der Waals surface area (Å²) in [5, 5.41) is 14.2. The molecule has 3 aromatic rings. The summed E-state index contributed by atoms with van der Waals surface area (Å²) in [7, 11) is 0. The minimum absolute atomic E-state index is 0.0911. The monoisotopic (exact) mass is 505 g/mol. The van der Waals surface area contributed by atoms with E-state index in [1.807, 2.05) is 24.3 Å². The van der Waals surface area contributed by atoms with E-state index in [0.29, 0.717) is 10.2 Å². The van der Waals surface area contributed by atoms with Gasteiger partial charge in [0.1, 0.15) is 5.82 Å². The van der Waals surface area contributed by atoms with Crippen LogP contribution in [-0.2, 0) is 4.79 Å². The minimum atomic E-state index is -0.509. The van der Waals surface area contributed by atoms with Gasteiger partial charge in [0.2, 0.25) is 0 Å². The number of nitrogens with zero attached hydrogens (tertiary/aromatic N) is 4. The molecule has 1 heterocycles. The van der Waals surface area contributed by atoms with E-state index in [0.717, 1.165) is 37.1 Å². The van der Waals surface area contributed by atoms with Crippen LogP contribution in [0.5, 0.6) is 0 Å². The lowest BCUT2D eigenvalue weighted by atomic mass is 9.95. The van der Waals surface area contributed by atoms with Crippen LogP contribution in [0.15, 0.2) is 52.7 Å². The van der Waals surface area contributed by atoms with E-state index in [-0.39, 0.29) is 28.3 Å². The first-order valence-electron chi connectivity index (χ1n) is 10.6. The molecule has 1 aliphatic carbocycles. The summed E-state index contributed by atoms with van der Waals surface area (Å²) in [6.07, 6.45) is 6.83. The average Bonchev–Trinajstić information content (AvgIpc) is 3.24. The van der Waals surface area contributed by atoms with Crippen molar-refractivity contribution in [2.45, 2.75) is 43.3 Å². The first kappa shape index (κ1) is 23.7. The molecular weight excluding hydrogens is 484 g/mol. The zero-order chi connectivity index (χ0) is 23.2. The van der Waals surface area contributed by atoms with Crippen LogP contribution in [0, 0.1) is 5.82 Å². The van der Waals surface area contributed by atoms with Gasteiger partial charge in [-0.2, -0.15) is 5.10 Å². The predicted molar refractivity (Wildman–Crippen MR) is 130 cm³/mol. The Morgan fingerprint density at radius 2 is 1.91 bits per heavy atom. The van der Waals surface area contributed by atoms with Crippen LogP contribution in [0.3, 0.4) is 0 Å². The van der Waals surface area contributed by atoms with Crippen molar-refractivity contribution in [1.29, 1.82) is 0 Å². The second-order valence-electron chi connectivity index (χ2n) is 7.69. The highest BCUT2D eigenvalue weighted by atomic mass is 35.5. The van der Waals surface area contributed by atoms with E-state index >= 15 is 0 Å². The van der Waals surface area contributed by atoms with Gasteiger partial charge in [0.25, 0.3) is 5.91 Å². The molecule has 0 spiro atoms. The quantitative estimate of drug-likeness (QED) is 0.238. The largest absolute Gasteiger partial charge is 0.299 e. The van der Waals surface area contributed by atoms with Gasteiger partial charge >= 0.3 is 0 Å². The zero-order valence-electron chi connectivity index (χ0n) is 17.7. The first-order valence-corrected chi connectivity index (χ1v) is 12.4. The number of halogens is 3. The van der Waals surface area contributed by atoms with Gasteiger partial charge in [0, 0.05) is 22.2 Å². The van der Waals surface area contributed by atoms with Crippen LogP contribution in [0.2, 0.25) is 10.0 Å². The normalized spacial score (nSPS) is 14.6. The van der Waals surface area contributed by atoms with Crippen molar-refractivity contribution >= 4 is 47.1 Å². The number of carbonyl (C=O) groups excluding carboxylic acids is 1. The Kier molecular flexibility index (Phi) is 8.01. The van der Waals surface area contributed by atoms with Crippen molar-refractivity contribution in [3.63, 3.8) is 0 Å². The fourth-order valence-corrected chi connectivity index (χ4v) is 4.94. The standard InChI is InChI=1S/C23H22Cl2FN5OS/c24-16-11-9-15(10-12-16)22-29-30-23(31(22)17-5-2-1-3-6-17)33-14-21(32)28-27-13-18-19(25)7-4-8-20(18)26/h4,7-13,17H,1-3,5-6,14H2,(H,28,32). The lowest BCUT2D eigenvalue weighted by molar-refractivity contribution is -0.118.